The minimum Gasteiger partial charge on any atom is -0.457 e. The van der Waals surface area contributed by atoms with Crippen molar-refractivity contribution in [3.05, 3.63) is 37.0 Å². The zero-order valence-electron chi connectivity index (χ0n) is 11.6. The van der Waals surface area contributed by atoms with Crippen molar-refractivity contribution < 1.29 is 9.53 Å². The molecule has 0 radical (unpaired) electrons. The van der Waals surface area contributed by atoms with Crippen molar-refractivity contribution >= 4 is 5.97 Å². The Morgan fingerprint density at radius 1 is 1.24 bits per heavy atom. The lowest BCUT2D eigenvalue weighted by Crippen LogP contribution is -2.34. The quantitative estimate of drug-likeness (QED) is 0.516. The lowest BCUT2D eigenvalue weighted by molar-refractivity contribution is -0.159. The maximum Gasteiger partial charge on any atom is 0.312 e. The lowest BCUT2D eigenvalue weighted by Gasteiger charge is -2.28. The van der Waals surface area contributed by atoms with Crippen LogP contribution in [0.2, 0.25) is 0 Å². The number of hydrogen-bond donors (Lipinski definition) is 0. The van der Waals surface area contributed by atoms with Crippen molar-refractivity contribution in [1.29, 1.82) is 0 Å². The molecule has 2 nitrogen and oxygen atoms in total. The Morgan fingerprint density at radius 2 is 1.76 bits per heavy atom. The third-order valence-corrected chi connectivity index (χ3v) is 3.27. The van der Waals surface area contributed by atoms with Gasteiger partial charge < -0.3 is 4.74 Å². The van der Waals surface area contributed by atoms with Crippen molar-refractivity contribution in [3.8, 4) is 0 Å². The van der Waals surface area contributed by atoms with Gasteiger partial charge in [0.2, 0.25) is 0 Å². The van der Waals surface area contributed by atoms with Crippen LogP contribution in [0, 0.1) is 11.3 Å². The molecule has 0 saturated carbocycles. The van der Waals surface area contributed by atoms with Crippen molar-refractivity contribution in [2.75, 3.05) is 0 Å². The molecule has 0 aromatic rings. The van der Waals surface area contributed by atoms with E-state index in [4.69, 9.17) is 4.74 Å². The van der Waals surface area contributed by atoms with Crippen molar-refractivity contribution in [2.45, 2.75) is 40.7 Å². The van der Waals surface area contributed by atoms with Gasteiger partial charge in [-0.15, -0.1) is 0 Å². The first-order valence-corrected chi connectivity index (χ1v) is 5.93. The van der Waals surface area contributed by atoms with E-state index in [2.05, 4.69) is 13.2 Å². The first-order chi connectivity index (χ1) is 7.77. The molecule has 96 valence electrons. The molecule has 0 aromatic heterocycles. The van der Waals surface area contributed by atoms with Gasteiger partial charge in [-0.1, -0.05) is 45.2 Å². The van der Waals surface area contributed by atoms with Gasteiger partial charge in [-0.25, -0.2) is 0 Å². The first-order valence-electron chi connectivity index (χ1n) is 5.93. The van der Waals surface area contributed by atoms with Gasteiger partial charge in [0, 0.05) is 0 Å². The van der Waals surface area contributed by atoms with Gasteiger partial charge in [-0.05, 0) is 32.3 Å². The molecular formula is C15H24O2. The molecule has 0 N–H and O–H groups in total. The van der Waals surface area contributed by atoms with E-state index in [-0.39, 0.29) is 18.0 Å². The van der Waals surface area contributed by atoms with Gasteiger partial charge in [0.25, 0.3) is 0 Å². The maximum absolute atomic E-state index is 12.0. The van der Waals surface area contributed by atoms with Gasteiger partial charge in [0.1, 0.15) is 6.10 Å². The summed E-state index contributed by atoms with van der Waals surface area (Å²) in [6.07, 6.45) is 4.85. The first kappa shape index (κ1) is 15.7. The fourth-order valence-electron chi connectivity index (χ4n) is 1.12. The summed E-state index contributed by atoms with van der Waals surface area (Å²) in [5, 5.41) is 0. The molecule has 2 heteroatoms. The molecule has 0 aliphatic rings. The van der Waals surface area contributed by atoms with E-state index in [1.165, 1.54) is 0 Å². The summed E-state index contributed by atoms with van der Waals surface area (Å²) in [7, 11) is 0. The predicted octanol–water partition coefficient (Wildman–Crippen LogP) is 3.90. The Labute approximate surface area is 105 Å². The average Bonchev–Trinajstić information content (AvgIpc) is 2.25. The number of hydrogen-bond acceptors (Lipinski definition) is 2. The minimum absolute atomic E-state index is 0.184. The largest absolute Gasteiger partial charge is 0.457 e. The van der Waals surface area contributed by atoms with E-state index in [1.807, 2.05) is 34.6 Å². The lowest BCUT2D eigenvalue weighted by atomic mass is 9.81. The van der Waals surface area contributed by atoms with Crippen LogP contribution in [0.4, 0.5) is 0 Å². The normalized spacial score (nSPS) is 14.4. The van der Waals surface area contributed by atoms with Crippen LogP contribution in [0.1, 0.15) is 34.6 Å². The second-order valence-electron chi connectivity index (χ2n) is 5.03. The predicted molar refractivity (Wildman–Crippen MR) is 72.7 cm³/mol. The second kappa shape index (κ2) is 6.43. The van der Waals surface area contributed by atoms with Crippen LogP contribution in [-0.2, 0) is 9.53 Å². The highest BCUT2D eigenvalue weighted by atomic mass is 16.5. The summed E-state index contributed by atoms with van der Waals surface area (Å²) >= 11 is 0. The number of esters is 1. The van der Waals surface area contributed by atoms with Crippen molar-refractivity contribution in [3.63, 3.8) is 0 Å². The topological polar surface area (TPSA) is 26.3 Å². The highest BCUT2D eigenvalue weighted by Crippen LogP contribution is 2.28. The number of rotatable bonds is 6. The summed E-state index contributed by atoms with van der Waals surface area (Å²) in [4.78, 5) is 12.0. The molecule has 1 atom stereocenters. The zero-order chi connectivity index (χ0) is 13.6. The third-order valence-electron chi connectivity index (χ3n) is 3.27. The van der Waals surface area contributed by atoms with Gasteiger partial charge in [-0.3, -0.25) is 4.79 Å². The van der Waals surface area contributed by atoms with E-state index < -0.39 is 5.41 Å². The summed E-state index contributed by atoms with van der Waals surface area (Å²) in [5.41, 5.74) is 0.377. The van der Waals surface area contributed by atoms with Crippen LogP contribution in [0.5, 0.6) is 0 Å². The van der Waals surface area contributed by atoms with Crippen molar-refractivity contribution in [2.24, 2.45) is 11.3 Å². The third kappa shape index (κ3) is 4.22. The zero-order valence-corrected chi connectivity index (χ0v) is 11.6. The molecule has 0 bridgehead atoms. The molecule has 0 aliphatic heterocycles. The Hall–Kier alpha value is -1.31. The van der Waals surface area contributed by atoms with Crippen LogP contribution in [-0.4, -0.2) is 12.1 Å². The Kier molecular flexibility index (Phi) is 5.94. The van der Waals surface area contributed by atoms with E-state index in [0.717, 1.165) is 5.57 Å². The van der Waals surface area contributed by atoms with Gasteiger partial charge in [-0.2, -0.15) is 0 Å². The summed E-state index contributed by atoms with van der Waals surface area (Å²) in [5.74, 6) is 0.0505. The molecule has 0 rings (SSSR count). The van der Waals surface area contributed by atoms with Gasteiger partial charge in [0.15, 0.2) is 0 Å². The highest BCUT2D eigenvalue weighted by Gasteiger charge is 2.34. The smallest absolute Gasteiger partial charge is 0.312 e. The fraction of sp³-hybridized carbons (Fsp3) is 0.533. The number of carbonyl (C=O) groups is 1. The molecular weight excluding hydrogens is 212 g/mol. The molecule has 0 saturated heterocycles. The molecule has 0 heterocycles. The van der Waals surface area contributed by atoms with Crippen LogP contribution in [0.25, 0.3) is 0 Å². The summed E-state index contributed by atoms with van der Waals surface area (Å²) < 4.78 is 5.46. The standard InChI is InChI=1S/C15H24O2/c1-8-10-13(9-2)12(5)17-14(16)15(6,7)11(3)4/h8-12H,1-2H2,3-7H3/b13-10+. The van der Waals surface area contributed by atoms with Gasteiger partial charge >= 0.3 is 5.97 Å². The number of carbonyl (C=O) groups excluding carboxylic acids is 1. The Morgan fingerprint density at radius 3 is 2.12 bits per heavy atom. The molecule has 17 heavy (non-hydrogen) atoms. The van der Waals surface area contributed by atoms with Gasteiger partial charge in [0.05, 0.1) is 5.41 Å². The van der Waals surface area contributed by atoms with Crippen LogP contribution < -0.4 is 0 Å². The second-order valence-corrected chi connectivity index (χ2v) is 5.03. The SMILES string of the molecule is C=C/C=C(\C=C)C(C)OC(=O)C(C)(C)C(C)C. The summed E-state index contributed by atoms with van der Waals surface area (Å²) in [6, 6.07) is 0. The monoisotopic (exact) mass is 236 g/mol. The highest BCUT2D eigenvalue weighted by molar-refractivity contribution is 5.76. The molecule has 0 amide bonds. The van der Waals surface area contributed by atoms with E-state index >= 15 is 0 Å². The minimum atomic E-state index is -0.477. The molecule has 0 aliphatic carbocycles. The fourth-order valence-corrected chi connectivity index (χ4v) is 1.12. The Bertz CT molecular complexity index is 322. The Balaban J connectivity index is 4.75. The van der Waals surface area contributed by atoms with E-state index in [1.54, 1.807) is 18.2 Å². The summed E-state index contributed by atoms with van der Waals surface area (Å²) in [6.45, 7) is 17.0. The van der Waals surface area contributed by atoms with Crippen LogP contribution >= 0.6 is 0 Å². The van der Waals surface area contributed by atoms with Crippen molar-refractivity contribution in [1.82, 2.24) is 0 Å². The average molecular weight is 236 g/mol. The number of allylic oxidation sites excluding steroid dienone is 2. The number of ether oxygens (including phenoxy) is 1. The molecule has 0 aromatic carbocycles. The molecule has 0 fully saturated rings. The molecule has 0 spiro atoms. The van der Waals surface area contributed by atoms with E-state index in [9.17, 15) is 4.79 Å². The van der Waals surface area contributed by atoms with E-state index in [0.29, 0.717) is 0 Å². The van der Waals surface area contributed by atoms with Crippen LogP contribution in [0.15, 0.2) is 37.0 Å². The van der Waals surface area contributed by atoms with Crippen LogP contribution in [0.3, 0.4) is 0 Å². The maximum atomic E-state index is 12.0. The molecule has 1 unspecified atom stereocenters.